The monoisotopic (exact) mass is 446 g/mol. The molecule has 33 heavy (non-hydrogen) atoms. The van der Waals surface area contributed by atoms with Gasteiger partial charge in [0, 0.05) is 23.3 Å². The van der Waals surface area contributed by atoms with Gasteiger partial charge in [-0.15, -0.1) is 0 Å². The number of hydrogen-bond acceptors (Lipinski definition) is 7. The van der Waals surface area contributed by atoms with E-state index in [4.69, 9.17) is 11.5 Å². The third kappa shape index (κ3) is 5.30. The molecule has 1 amide bonds. The molecule has 7 N–H and O–H groups in total. The number of primary amides is 1. The standard InChI is InChI=1S/C25H30N6O2/c1-15-19(17-8-6-16(14-32)7-9-17)10-11-23(29-15)31-22-12-18(13-28-24(22)25(27)33)30-21-5-3-2-4-20(21)26/h6-13,20-21,30,32H,2-5,14,26H2,1H3,(H2,27,33)(H,29,31)/t20-,21+/m0/s1. The Balaban J connectivity index is 1.57. The predicted octanol–water partition coefficient (Wildman–Crippen LogP) is 3.47. The molecular weight excluding hydrogens is 416 g/mol. The molecule has 0 radical (unpaired) electrons. The van der Waals surface area contributed by atoms with Crippen LogP contribution in [0.2, 0.25) is 0 Å². The summed E-state index contributed by atoms with van der Waals surface area (Å²) >= 11 is 0. The van der Waals surface area contributed by atoms with Crippen molar-refractivity contribution in [3.05, 3.63) is 65.6 Å². The van der Waals surface area contributed by atoms with Gasteiger partial charge in [-0.1, -0.05) is 37.1 Å². The van der Waals surface area contributed by atoms with Gasteiger partial charge in [-0.25, -0.2) is 9.97 Å². The number of nitrogens with two attached hydrogens (primary N) is 2. The molecule has 8 heteroatoms. The van der Waals surface area contributed by atoms with Crippen LogP contribution in [0.1, 0.15) is 47.4 Å². The predicted molar refractivity (Wildman–Crippen MR) is 130 cm³/mol. The molecule has 0 bridgehead atoms. The van der Waals surface area contributed by atoms with Crippen LogP contribution in [-0.4, -0.2) is 33.1 Å². The quantitative estimate of drug-likeness (QED) is 0.374. The van der Waals surface area contributed by atoms with Gasteiger partial charge in [0.1, 0.15) is 5.82 Å². The number of pyridine rings is 2. The van der Waals surface area contributed by atoms with Crippen molar-refractivity contribution in [3.8, 4) is 11.1 Å². The van der Waals surface area contributed by atoms with Gasteiger partial charge in [0.25, 0.3) is 5.91 Å². The molecule has 3 aromatic rings. The van der Waals surface area contributed by atoms with Gasteiger partial charge in [0.15, 0.2) is 5.69 Å². The van der Waals surface area contributed by atoms with Crippen LogP contribution in [0.5, 0.6) is 0 Å². The van der Waals surface area contributed by atoms with Gasteiger partial charge < -0.3 is 27.2 Å². The van der Waals surface area contributed by atoms with Crippen molar-refractivity contribution in [3.63, 3.8) is 0 Å². The van der Waals surface area contributed by atoms with Crippen molar-refractivity contribution in [2.45, 2.75) is 51.3 Å². The molecule has 4 rings (SSSR count). The minimum absolute atomic E-state index is 0.0111. The smallest absolute Gasteiger partial charge is 0.269 e. The first-order valence-electron chi connectivity index (χ1n) is 11.2. The Morgan fingerprint density at radius 1 is 1.15 bits per heavy atom. The summed E-state index contributed by atoms with van der Waals surface area (Å²) in [4.78, 5) is 20.9. The topological polar surface area (TPSA) is 139 Å². The second-order valence-electron chi connectivity index (χ2n) is 8.49. The summed E-state index contributed by atoms with van der Waals surface area (Å²) in [6.45, 7) is 1.94. The number of carbonyl (C=O) groups excluding carboxylic acids is 1. The molecular formula is C25H30N6O2. The largest absolute Gasteiger partial charge is 0.392 e. The summed E-state index contributed by atoms with van der Waals surface area (Å²) in [7, 11) is 0. The minimum atomic E-state index is -0.615. The van der Waals surface area contributed by atoms with Crippen molar-refractivity contribution < 1.29 is 9.90 Å². The first kappa shape index (κ1) is 22.7. The van der Waals surface area contributed by atoms with E-state index in [0.29, 0.717) is 11.5 Å². The van der Waals surface area contributed by atoms with Crippen molar-refractivity contribution >= 4 is 23.1 Å². The molecule has 172 valence electrons. The number of carbonyl (C=O) groups is 1. The zero-order valence-corrected chi connectivity index (χ0v) is 18.7. The van der Waals surface area contributed by atoms with Crippen LogP contribution in [0.15, 0.2) is 48.7 Å². The summed E-state index contributed by atoms with van der Waals surface area (Å²) in [6, 6.07) is 13.6. The normalized spacial score (nSPS) is 18.0. The van der Waals surface area contributed by atoms with Gasteiger partial charge in [0.2, 0.25) is 0 Å². The van der Waals surface area contributed by atoms with Crippen LogP contribution < -0.4 is 22.1 Å². The van der Waals surface area contributed by atoms with Crippen LogP contribution in [-0.2, 0) is 6.61 Å². The SMILES string of the molecule is Cc1nc(Nc2cc(N[C@@H]3CCCC[C@@H]3N)cnc2C(N)=O)ccc1-c1ccc(CO)cc1. The van der Waals surface area contributed by atoms with Gasteiger partial charge in [-0.2, -0.15) is 0 Å². The lowest BCUT2D eigenvalue weighted by atomic mass is 9.91. The summed E-state index contributed by atoms with van der Waals surface area (Å²) in [5.74, 6) is -0.0326. The fourth-order valence-corrected chi connectivity index (χ4v) is 4.25. The fourth-order valence-electron chi connectivity index (χ4n) is 4.25. The number of rotatable bonds is 7. The second-order valence-corrected chi connectivity index (χ2v) is 8.49. The number of benzene rings is 1. The lowest BCUT2D eigenvalue weighted by Crippen LogP contribution is -2.42. The highest BCUT2D eigenvalue weighted by atomic mass is 16.3. The molecule has 1 aliphatic rings. The molecule has 1 aromatic carbocycles. The molecule has 0 spiro atoms. The Morgan fingerprint density at radius 2 is 1.91 bits per heavy atom. The maximum atomic E-state index is 12.0. The van der Waals surface area contributed by atoms with Crippen molar-refractivity contribution in [1.29, 1.82) is 0 Å². The number of aliphatic hydroxyl groups is 1. The number of aliphatic hydroxyl groups excluding tert-OH is 1. The van der Waals surface area contributed by atoms with Crippen molar-refractivity contribution in [1.82, 2.24) is 9.97 Å². The van der Waals surface area contributed by atoms with Crippen LogP contribution in [0.4, 0.5) is 17.2 Å². The van der Waals surface area contributed by atoms with Crippen LogP contribution in [0.25, 0.3) is 11.1 Å². The second kappa shape index (κ2) is 9.97. The maximum Gasteiger partial charge on any atom is 0.269 e. The first-order chi connectivity index (χ1) is 15.9. The van der Waals surface area contributed by atoms with E-state index >= 15 is 0 Å². The number of nitrogens with one attached hydrogen (secondary N) is 2. The molecule has 2 heterocycles. The average molecular weight is 447 g/mol. The Morgan fingerprint density at radius 3 is 2.58 bits per heavy atom. The molecule has 1 aliphatic carbocycles. The van der Waals surface area contributed by atoms with E-state index in [2.05, 4.69) is 20.6 Å². The maximum absolute atomic E-state index is 12.0. The lowest BCUT2D eigenvalue weighted by Gasteiger charge is -2.30. The van der Waals surface area contributed by atoms with E-state index in [9.17, 15) is 9.90 Å². The third-order valence-electron chi connectivity index (χ3n) is 6.09. The molecule has 8 nitrogen and oxygen atoms in total. The molecule has 0 unspecified atom stereocenters. The van der Waals surface area contributed by atoms with Gasteiger partial charge in [-0.3, -0.25) is 4.79 Å². The number of aryl methyl sites for hydroxylation is 1. The lowest BCUT2D eigenvalue weighted by molar-refractivity contribution is 0.0996. The third-order valence-corrected chi connectivity index (χ3v) is 6.09. The molecule has 2 aromatic heterocycles. The summed E-state index contributed by atoms with van der Waals surface area (Å²) < 4.78 is 0. The van der Waals surface area contributed by atoms with Crippen molar-refractivity contribution in [2.75, 3.05) is 10.6 Å². The Labute approximate surface area is 193 Å². The summed E-state index contributed by atoms with van der Waals surface area (Å²) in [6.07, 6.45) is 5.90. The number of anilines is 3. The van der Waals surface area contributed by atoms with Crippen LogP contribution in [0.3, 0.4) is 0 Å². The Kier molecular flexibility index (Phi) is 6.86. The van der Waals surface area contributed by atoms with E-state index in [0.717, 1.165) is 53.8 Å². The summed E-state index contributed by atoms with van der Waals surface area (Å²) in [5.41, 5.74) is 16.9. The van der Waals surface area contributed by atoms with Crippen molar-refractivity contribution in [2.24, 2.45) is 11.5 Å². The first-order valence-corrected chi connectivity index (χ1v) is 11.2. The van der Waals surface area contributed by atoms with E-state index in [-0.39, 0.29) is 24.4 Å². The van der Waals surface area contributed by atoms with E-state index in [1.807, 2.05) is 49.4 Å². The number of amides is 1. The van der Waals surface area contributed by atoms with E-state index in [1.54, 1.807) is 6.20 Å². The van der Waals surface area contributed by atoms with Gasteiger partial charge in [0.05, 0.1) is 24.2 Å². The molecule has 2 atom stereocenters. The fraction of sp³-hybridized carbons (Fsp3) is 0.320. The number of aromatic nitrogens is 2. The highest BCUT2D eigenvalue weighted by Gasteiger charge is 2.22. The summed E-state index contributed by atoms with van der Waals surface area (Å²) in [5, 5.41) is 15.9. The molecule has 1 saturated carbocycles. The van der Waals surface area contributed by atoms with E-state index in [1.165, 1.54) is 0 Å². The number of hydrogen-bond donors (Lipinski definition) is 5. The van der Waals surface area contributed by atoms with Gasteiger partial charge >= 0.3 is 0 Å². The molecule has 1 fully saturated rings. The molecule has 0 aliphatic heterocycles. The zero-order valence-electron chi connectivity index (χ0n) is 18.7. The zero-order chi connectivity index (χ0) is 23.4. The minimum Gasteiger partial charge on any atom is -0.392 e. The molecule has 0 saturated heterocycles. The number of nitrogens with zero attached hydrogens (tertiary/aromatic N) is 2. The highest BCUT2D eigenvalue weighted by molar-refractivity contribution is 5.97. The highest BCUT2D eigenvalue weighted by Crippen LogP contribution is 2.28. The van der Waals surface area contributed by atoms with Crippen LogP contribution >= 0.6 is 0 Å². The van der Waals surface area contributed by atoms with E-state index < -0.39 is 5.91 Å². The Bertz CT molecular complexity index is 1130. The van der Waals surface area contributed by atoms with Crippen LogP contribution in [0, 0.1) is 6.92 Å². The average Bonchev–Trinajstić information content (AvgIpc) is 2.81. The van der Waals surface area contributed by atoms with Gasteiger partial charge in [-0.05, 0) is 49.1 Å². The Hall–Kier alpha value is -3.49.